The van der Waals surface area contributed by atoms with Crippen LogP contribution in [0.1, 0.15) is 33.6 Å². The van der Waals surface area contributed by atoms with Gasteiger partial charge in [0.05, 0.1) is 0 Å². The van der Waals surface area contributed by atoms with Crippen molar-refractivity contribution in [2.45, 2.75) is 33.6 Å². The van der Waals surface area contributed by atoms with E-state index >= 15 is 0 Å². The lowest BCUT2D eigenvalue weighted by Gasteiger charge is -2.30. The number of nitrogens with one attached hydrogen (secondary N) is 1. The first-order valence-corrected chi connectivity index (χ1v) is 5.43. The highest BCUT2D eigenvalue weighted by molar-refractivity contribution is 5.26. The van der Waals surface area contributed by atoms with Gasteiger partial charge in [-0.1, -0.05) is 37.1 Å². The molecule has 0 aromatic rings. The molecule has 0 amide bonds. The van der Waals surface area contributed by atoms with E-state index in [1.54, 1.807) is 5.57 Å². The van der Waals surface area contributed by atoms with Crippen LogP contribution in [-0.4, -0.2) is 13.1 Å². The molecule has 1 nitrogen and oxygen atoms in total. The topological polar surface area (TPSA) is 12.0 Å². The van der Waals surface area contributed by atoms with Crippen LogP contribution >= 0.6 is 0 Å². The number of rotatable bonds is 1. The minimum Gasteiger partial charge on any atom is -0.315 e. The molecule has 0 bridgehead atoms. The first-order valence-electron chi connectivity index (χ1n) is 5.43. The van der Waals surface area contributed by atoms with E-state index in [4.69, 9.17) is 0 Å². The van der Waals surface area contributed by atoms with E-state index in [-0.39, 0.29) is 0 Å². The molecule has 13 heavy (non-hydrogen) atoms. The van der Waals surface area contributed by atoms with Gasteiger partial charge >= 0.3 is 0 Å². The van der Waals surface area contributed by atoms with E-state index in [0.29, 0.717) is 0 Å². The van der Waals surface area contributed by atoms with Crippen molar-refractivity contribution in [1.82, 2.24) is 5.32 Å². The average molecular weight is 179 g/mol. The lowest BCUT2D eigenvalue weighted by atomic mass is 9.86. The van der Waals surface area contributed by atoms with Crippen LogP contribution in [0, 0.1) is 5.92 Å². The molecule has 1 aliphatic carbocycles. The molecule has 1 aliphatic heterocycles. The second-order valence-corrected chi connectivity index (χ2v) is 3.61. The highest BCUT2D eigenvalue weighted by Crippen LogP contribution is 2.25. The third-order valence-electron chi connectivity index (χ3n) is 2.70. The normalized spacial score (nSPS) is 22.1. The highest BCUT2D eigenvalue weighted by atomic mass is 14.9. The number of hydrogen-bond acceptors (Lipinski definition) is 1. The van der Waals surface area contributed by atoms with Gasteiger partial charge in [-0.05, 0) is 19.8 Å². The summed E-state index contributed by atoms with van der Waals surface area (Å²) >= 11 is 0. The summed E-state index contributed by atoms with van der Waals surface area (Å²) in [5.41, 5.74) is 3.19. The third kappa shape index (κ3) is 2.70. The Hall–Kier alpha value is -0.560. The molecule has 2 aliphatic rings. The molecule has 1 heteroatoms. The van der Waals surface area contributed by atoms with Crippen molar-refractivity contribution in [2.75, 3.05) is 13.1 Å². The van der Waals surface area contributed by atoms with Crippen LogP contribution in [0.3, 0.4) is 0 Å². The van der Waals surface area contributed by atoms with E-state index in [9.17, 15) is 0 Å². The molecule has 0 saturated carbocycles. The molecule has 0 atom stereocenters. The van der Waals surface area contributed by atoms with Gasteiger partial charge in [-0.3, -0.25) is 0 Å². The van der Waals surface area contributed by atoms with E-state index in [0.717, 1.165) is 5.92 Å². The van der Waals surface area contributed by atoms with Crippen LogP contribution in [0.15, 0.2) is 23.3 Å². The number of allylic oxidation sites excluding steroid dienone is 3. The molecule has 1 N–H and O–H groups in total. The highest BCUT2D eigenvalue weighted by Gasteiger charge is 2.21. The van der Waals surface area contributed by atoms with Gasteiger partial charge in [0.15, 0.2) is 0 Å². The maximum atomic E-state index is 3.31. The number of hydrogen-bond donors (Lipinski definition) is 1. The van der Waals surface area contributed by atoms with E-state index in [1.807, 2.05) is 13.8 Å². The molecule has 0 aromatic carbocycles. The molecule has 74 valence electrons. The standard InChI is InChI=1S/C10H15N.C2H6/c1-8-2-4-9(5-3-8)10-6-11-7-10;1-2/h2,4,10-11H,3,5-7H2,1H3;1-2H3. The van der Waals surface area contributed by atoms with Gasteiger partial charge in [-0.2, -0.15) is 0 Å². The molecule has 1 heterocycles. The zero-order valence-electron chi connectivity index (χ0n) is 9.06. The second-order valence-electron chi connectivity index (χ2n) is 3.61. The first-order chi connectivity index (χ1) is 6.36. The van der Waals surface area contributed by atoms with Crippen molar-refractivity contribution in [3.8, 4) is 0 Å². The van der Waals surface area contributed by atoms with Crippen molar-refractivity contribution in [1.29, 1.82) is 0 Å². The van der Waals surface area contributed by atoms with Crippen LogP contribution < -0.4 is 5.32 Å². The SMILES string of the molecule is CC.CC1=CC=C(C2CNC2)CC1. The summed E-state index contributed by atoms with van der Waals surface area (Å²) in [5.74, 6) is 0.861. The molecule has 1 saturated heterocycles. The third-order valence-corrected chi connectivity index (χ3v) is 2.70. The van der Waals surface area contributed by atoms with Crippen molar-refractivity contribution in [2.24, 2.45) is 5.92 Å². The summed E-state index contributed by atoms with van der Waals surface area (Å²) in [6, 6.07) is 0. The fraction of sp³-hybridized carbons (Fsp3) is 0.667. The minimum atomic E-state index is 0.861. The van der Waals surface area contributed by atoms with Gasteiger partial charge < -0.3 is 5.32 Å². The van der Waals surface area contributed by atoms with Gasteiger partial charge in [0.25, 0.3) is 0 Å². The fourth-order valence-corrected chi connectivity index (χ4v) is 1.65. The van der Waals surface area contributed by atoms with Crippen molar-refractivity contribution < 1.29 is 0 Å². The smallest absolute Gasteiger partial charge is 0.00506 e. The quantitative estimate of drug-likeness (QED) is 0.652. The molecule has 0 aromatic heterocycles. The Balaban J connectivity index is 0.000000396. The molecule has 2 rings (SSSR count). The summed E-state index contributed by atoms with van der Waals surface area (Å²) in [4.78, 5) is 0. The predicted octanol–water partition coefficient (Wildman–Crippen LogP) is 2.90. The Labute approximate surface area is 81.9 Å². The summed E-state index contributed by atoms with van der Waals surface area (Å²) in [5, 5.41) is 3.31. The molecule has 0 unspecified atom stereocenters. The van der Waals surface area contributed by atoms with E-state index in [2.05, 4.69) is 24.4 Å². The predicted molar refractivity (Wildman–Crippen MR) is 58.8 cm³/mol. The van der Waals surface area contributed by atoms with Crippen LogP contribution in [-0.2, 0) is 0 Å². The lowest BCUT2D eigenvalue weighted by Crippen LogP contribution is -2.43. The van der Waals surface area contributed by atoms with Gasteiger partial charge in [-0.25, -0.2) is 0 Å². The summed E-state index contributed by atoms with van der Waals surface area (Å²) in [6.45, 7) is 8.63. The zero-order valence-corrected chi connectivity index (χ0v) is 9.06. The molecular formula is C12H21N. The molecule has 1 fully saturated rings. The van der Waals surface area contributed by atoms with E-state index in [1.165, 1.54) is 31.5 Å². The fourth-order valence-electron chi connectivity index (χ4n) is 1.65. The molecule has 0 spiro atoms. The van der Waals surface area contributed by atoms with Gasteiger partial charge in [0.2, 0.25) is 0 Å². The maximum absolute atomic E-state index is 3.31. The maximum Gasteiger partial charge on any atom is 0.00506 e. The van der Waals surface area contributed by atoms with Crippen LogP contribution in [0.4, 0.5) is 0 Å². The Morgan fingerprint density at radius 2 is 1.85 bits per heavy atom. The van der Waals surface area contributed by atoms with Crippen LogP contribution in [0.5, 0.6) is 0 Å². The Bertz CT molecular complexity index is 209. The summed E-state index contributed by atoms with van der Waals surface area (Å²) < 4.78 is 0. The first kappa shape index (κ1) is 10.5. The summed E-state index contributed by atoms with van der Waals surface area (Å²) in [7, 11) is 0. The second kappa shape index (κ2) is 5.23. The van der Waals surface area contributed by atoms with Crippen LogP contribution in [0.25, 0.3) is 0 Å². The molecule has 0 radical (unpaired) electrons. The van der Waals surface area contributed by atoms with Crippen LogP contribution in [0.2, 0.25) is 0 Å². The van der Waals surface area contributed by atoms with E-state index < -0.39 is 0 Å². The zero-order chi connectivity index (χ0) is 9.68. The monoisotopic (exact) mass is 179 g/mol. The minimum absolute atomic E-state index is 0.861. The Morgan fingerprint density at radius 1 is 1.15 bits per heavy atom. The van der Waals surface area contributed by atoms with Gasteiger partial charge in [-0.15, -0.1) is 0 Å². The Morgan fingerprint density at radius 3 is 2.23 bits per heavy atom. The van der Waals surface area contributed by atoms with Gasteiger partial charge in [0.1, 0.15) is 0 Å². The largest absolute Gasteiger partial charge is 0.315 e. The molecular weight excluding hydrogens is 158 g/mol. The summed E-state index contributed by atoms with van der Waals surface area (Å²) in [6.07, 6.45) is 7.18. The Kier molecular flexibility index (Phi) is 4.23. The van der Waals surface area contributed by atoms with Crippen molar-refractivity contribution in [3.05, 3.63) is 23.3 Å². The lowest BCUT2D eigenvalue weighted by molar-refractivity contribution is 0.389. The average Bonchev–Trinajstić information content (AvgIpc) is 2.09. The van der Waals surface area contributed by atoms with Gasteiger partial charge in [0, 0.05) is 19.0 Å². The van der Waals surface area contributed by atoms with Crippen molar-refractivity contribution in [3.63, 3.8) is 0 Å². The van der Waals surface area contributed by atoms with Crippen molar-refractivity contribution >= 4 is 0 Å².